The second-order valence-corrected chi connectivity index (χ2v) is 13.4. The summed E-state index contributed by atoms with van der Waals surface area (Å²) in [6.45, 7) is 0.286. The van der Waals surface area contributed by atoms with E-state index in [4.69, 9.17) is 37.7 Å². The highest BCUT2D eigenvalue weighted by atomic mass is 127. The third-order valence-electron chi connectivity index (χ3n) is 7.58. The number of thioether (sulfide) groups is 1. The van der Waals surface area contributed by atoms with Gasteiger partial charge in [0.1, 0.15) is 6.61 Å². The summed E-state index contributed by atoms with van der Waals surface area (Å²) >= 11 is 16.1. The fraction of sp³-hybridized carbons (Fsp3) is 0.467. The van der Waals surface area contributed by atoms with Crippen molar-refractivity contribution >= 4 is 74.7 Å². The fourth-order valence-corrected chi connectivity index (χ4v) is 7.86. The molecule has 1 saturated heterocycles. The largest absolute Gasteiger partial charge is 0.493 e. The minimum atomic E-state index is 0.0770. The lowest BCUT2D eigenvalue weighted by Crippen LogP contribution is -2.41. The van der Waals surface area contributed by atoms with E-state index in [1.165, 1.54) is 50.3 Å². The Labute approximate surface area is 258 Å². The van der Waals surface area contributed by atoms with Gasteiger partial charge in [-0.1, -0.05) is 67.8 Å². The topological polar surface area (TPSA) is 51.1 Å². The van der Waals surface area contributed by atoms with Gasteiger partial charge < -0.3 is 9.47 Å². The van der Waals surface area contributed by atoms with Gasteiger partial charge in [0, 0.05) is 21.7 Å². The van der Waals surface area contributed by atoms with Gasteiger partial charge in [-0.15, -0.1) is 0 Å². The third-order valence-corrected chi connectivity index (χ3v) is 9.97. The zero-order valence-electron chi connectivity index (χ0n) is 22.1. The summed E-state index contributed by atoms with van der Waals surface area (Å²) in [5.74, 6) is 1.32. The highest BCUT2D eigenvalue weighted by Crippen LogP contribution is 2.40. The average molecular weight is 699 g/mol. The Morgan fingerprint density at radius 2 is 1.77 bits per heavy atom. The van der Waals surface area contributed by atoms with E-state index >= 15 is 0 Å². The molecule has 9 heteroatoms. The molecule has 5 nitrogen and oxygen atoms in total. The van der Waals surface area contributed by atoms with E-state index in [1.54, 1.807) is 19.2 Å². The Bertz CT molecular complexity index is 1270. The maximum absolute atomic E-state index is 13.8. The van der Waals surface area contributed by atoms with E-state index in [1.807, 2.05) is 29.2 Å². The van der Waals surface area contributed by atoms with Crippen molar-refractivity contribution in [2.45, 2.75) is 82.9 Å². The Morgan fingerprint density at radius 1 is 1.05 bits per heavy atom. The van der Waals surface area contributed by atoms with Gasteiger partial charge in [0.05, 0.1) is 21.6 Å². The van der Waals surface area contributed by atoms with Gasteiger partial charge in [-0.3, -0.25) is 14.7 Å². The van der Waals surface area contributed by atoms with Crippen LogP contribution in [-0.2, 0) is 11.4 Å². The van der Waals surface area contributed by atoms with Crippen molar-refractivity contribution in [2.75, 3.05) is 7.11 Å². The average Bonchev–Trinajstić information content (AvgIpc) is 3.23. The molecule has 0 bridgehead atoms. The SMILES string of the molecule is COc1cc(C=C2SC(=NC3CCCCC3)N(C3CCCCC3)C2=O)cc(I)c1OCc1ccc(Cl)cc1Cl. The van der Waals surface area contributed by atoms with Gasteiger partial charge in [0.15, 0.2) is 16.7 Å². The van der Waals surface area contributed by atoms with Crippen LogP contribution in [0.3, 0.4) is 0 Å². The van der Waals surface area contributed by atoms with Crippen LogP contribution in [0.5, 0.6) is 11.5 Å². The van der Waals surface area contributed by atoms with Crippen molar-refractivity contribution in [2.24, 2.45) is 4.99 Å². The molecule has 0 N–H and O–H groups in total. The molecule has 3 fully saturated rings. The van der Waals surface area contributed by atoms with E-state index in [0.717, 1.165) is 50.5 Å². The number of ether oxygens (including phenoxy) is 2. The van der Waals surface area contributed by atoms with E-state index in [-0.39, 0.29) is 18.6 Å². The van der Waals surface area contributed by atoms with Gasteiger partial charge in [-0.05, 0) is 95.9 Å². The summed E-state index contributed by atoms with van der Waals surface area (Å²) < 4.78 is 12.7. The maximum Gasteiger partial charge on any atom is 0.266 e. The van der Waals surface area contributed by atoms with Crippen LogP contribution in [-0.4, -0.2) is 35.2 Å². The van der Waals surface area contributed by atoms with Crippen LogP contribution in [0.2, 0.25) is 10.0 Å². The summed E-state index contributed by atoms with van der Waals surface area (Å²) in [6, 6.07) is 9.87. The van der Waals surface area contributed by atoms with Gasteiger partial charge in [0.25, 0.3) is 5.91 Å². The molecule has 5 rings (SSSR count). The van der Waals surface area contributed by atoms with E-state index in [2.05, 4.69) is 22.6 Å². The normalized spacial score (nSPS) is 21.2. The molecule has 0 unspecified atom stereocenters. The molecule has 0 aromatic heterocycles. The second kappa shape index (κ2) is 13.5. The molecule has 1 amide bonds. The van der Waals surface area contributed by atoms with Crippen molar-refractivity contribution in [3.8, 4) is 11.5 Å². The molecule has 2 aromatic carbocycles. The highest BCUT2D eigenvalue weighted by Gasteiger charge is 2.39. The maximum atomic E-state index is 13.8. The number of rotatable bonds is 7. The number of methoxy groups -OCH3 is 1. The zero-order valence-corrected chi connectivity index (χ0v) is 26.5. The number of hydrogen-bond donors (Lipinski definition) is 0. The Morgan fingerprint density at radius 3 is 2.46 bits per heavy atom. The van der Waals surface area contributed by atoms with E-state index in [0.29, 0.717) is 27.6 Å². The number of amides is 1. The molecule has 3 aliphatic rings. The molecule has 1 aliphatic heterocycles. The first-order valence-electron chi connectivity index (χ1n) is 13.7. The number of amidine groups is 1. The molecule has 0 atom stereocenters. The number of halogens is 3. The van der Waals surface area contributed by atoms with Crippen LogP contribution in [0.15, 0.2) is 40.2 Å². The van der Waals surface area contributed by atoms with Crippen LogP contribution in [0, 0.1) is 3.57 Å². The molecule has 0 radical (unpaired) electrons. The van der Waals surface area contributed by atoms with E-state index in [9.17, 15) is 4.79 Å². The molecular formula is C30H33Cl2IN2O3S. The number of carbonyl (C=O) groups is 1. The van der Waals surface area contributed by atoms with Crippen LogP contribution < -0.4 is 9.47 Å². The zero-order chi connectivity index (χ0) is 27.4. The summed E-state index contributed by atoms with van der Waals surface area (Å²) in [5.41, 5.74) is 1.73. The van der Waals surface area contributed by atoms with Crippen LogP contribution in [0.25, 0.3) is 6.08 Å². The van der Waals surface area contributed by atoms with Gasteiger partial charge >= 0.3 is 0 Å². The van der Waals surface area contributed by atoms with Crippen LogP contribution in [0.4, 0.5) is 0 Å². The molecule has 2 aliphatic carbocycles. The standard InChI is InChI=1S/C30H33Cl2IN2O3S/c1-37-26-15-19(14-25(33)28(26)38-18-20-12-13-21(31)17-24(20)32)16-27-29(36)35(23-10-6-3-7-11-23)30(39-27)34-22-8-4-2-5-9-22/h12-17,22-23H,2-11,18H2,1H3. The van der Waals surface area contributed by atoms with Crippen molar-refractivity contribution in [1.82, 2.24) is 4.90 Å². The van der Waals surface area contributed by atoms with Crippen LogP contribution in [0.1, 0.15) is 75.3 Å². The van der Waals surface area contributed by atoms with Gasteiger partial charge in [0.2, 0.25) is 0 Å². The number of carbonyl (C=O) groups excluding carboxylic acids is 1. The quantitative estimate of drug-likeness (QED) is 0.214. The number of benzene rings is 2. The van der Waals surface area contributed by atoms with E-state index < -0.39 is 0 Å². The van der Waals surface area contributed by atoms with Crippen molar-refractivity contribution in [3.63, 3.8) is 0 Å². The Balaban J connectivity index is 1.40. The smallest absolute Gasteiger partial charge is 0.266 e. The summed E-state index contributed by atoms with van der Waals surface area (Å²) in [4.78, 5) is 21.6. The van der Waals surface area contributed by atoms with Gasteiger partial charge in [-0.25, -0.2) is 0 Å². The minimum Gasteiger partial charge on any atom is -0.493 e. The molecule has 2 saturated carbocycles. The van der Waals surface area contributed by atoms with Crippen molar-refractivity contribution < 1.29 is 14.3 Å². The predicted molar refractivity (Wildman–Crippen MR) is 170 cm³/mol. The Kier molecular flexibility index (Phi) is 10.1. The first-order valence-corrected chi connectivity index (χ1v) is 16.3. The summed E-state index contributed by atoms with van der Waals surface area (Å²) in [5, 5.41) is 2.04. The van der Waals surface area contributed by atoms with Gasteiger partial charge in [-0.2, -0.15) is 0 Å². The molecule has 2 aromatic rings. The number of aliphatic imine (C=N–C) groups is 1. The predicted octanol–water partition coefficient (Wildman–Crippen LogP) is 9.12. The molecular weight excluding hydrogens is 666 g/mol. The van der Waals surface area contributed by atoms with Crippen LogP contribution >= 0.6 is 57.6 Å². The highest BCUT2D eigenvalue weighted by molar-refractivity contribution is 14.1. The first kappa shape index (κ1) is 29.1. The second-order valence-electron chi connectivity index (χ2n) is 10.3. The summed E-state index contributed by atoms with van der Waals surface area (Å²) in [7, 11) is 1.62. The monoisotopic (exact) mass is 698 g/mol. The number of nitrogens with zero attached hydrogens (tertiary/aromatic N) is 2. The molecule has 208 valence electrons. The molecule has 0 spiro atoms. The fourth-order valence-electron chi connectivity index (χ4n) is 5.51. The lowest BCUT2D eigenvalue weighted by Gasteiger charge is -2.31. The van der Waals surface area contributed by atoms with Crippen molar-refractivity contribution in [3.05, 3.63) is 60.0 Å². The minimum absolute atomic E-state index is 0.0770. The number of hydrogen-bond acceptors (Lipinski definition) is 5. The Hall–Kier alpha value is -1.42. The lowest BCUT2D eigenvalue weighted by molar-refractivity contribution is -0.124. The third kappa shape index (κ3) is 7.08. The lowest BCUT2D eigenvalue weighted by atomic mass is 9.94. The van der Waals surface area contributed by atoms with Crippen molar-refractivity contribution in [1.29, 1.82) is 0 Å². The molecule has 39 heavy (non-hydrogen) atoms. The first-order chi connectivity index (χ1) is 18.9. The molecule has 1 heterocycles. The summed E-state index contributed by atoms with van der Waals surface area (Å²) in [6.07, 6.45) is 13.7.